The summed E-state index contributed by atoms with van der Waals surface area (Å²) in [5.74, 6) is -2.54. The third-order valence-electron chi connectivity index (χ3n) is 4.71. The molecule has 162 valence electrons. The largest absolute Gasteiger partial charge is 0.495 e. The molecule has 3 aromatic carbocycles. The van der Waals surface area contributed by atoms with Crippen LogP contribution in [0.1, 0.15) is 53.9 Å². The van der Waals surface area contributed by atoms with Crippen molar-refractivity contribution < 1.29 is 33.4 Å². The minimum atomic E-state index is -0.789. The lowest BCUT2D eigenvalue weighted by Gasteiger charge is -2.20. The summed E-state index contributed by atoms with van der Waals surface area (Å²) in [6.07, 6.45) is 0.425. The Morgan fingerprint density at radius 3 is 1.62 bits per heavy atom. The van der Waals surface area contributed by atoms with E-state index in [2.05, 4.69) is 0 Å². The van der Waals surface area contributed by atoms with Crippen molar-refractivity contribution in [3.8, 4) is 17.2 Å². The predicted octanol–water partition coefficient (Wildman–Crippen LogP) is 4.46. The Balaban J connectivity index is 2.19. The summed E-state index contributed by atoms with van der Waals surface area (Å²) in [7, 11) is 1.31. The van der Waals surface area contributed by atoms with Gasteiger partial charge in [-0.1, -0.05) is 36.4 Å². The predicted molar refractivity (Wildman–Crippen MR) is 116 cm³/mol. The van der Waals surface area contributed by atoms with Gasteiger partial charge in [-0.3, -0.25) is 9.59 Å². The first-order valence-corrected chi connectivity index (χ1v) is 9.64. The number of carbonyl (C=O) groups excluding carboxylic acids is 4. The zero-order valence-electron chi connectivity index (χ0n) is 17.7. The van der Waals surface area contributed by atoms with E-state index in [0.29, 0.717) is 6.29 Å². The SMILES string of the molecule is COc1c(C)c(OC(=O)c2ccccc2)c(C(C)=O)c(OC(=O)c2ccccc2)c1C=O. The van der Waals surface area contributed by atoms with Gasteiger partial charge in [0.25, 0.3) is 0 Å². The van der Waals surface area contributed by atoms with E-state index in [1.807, 2.05) is 0 Å². The Bertz CT molecular complexity index is 1180. The standard InChI is InChI=1S/C25H20O7/c1-15-21(30-3)19(14-26)23(32-25(29)18-12-8-5-9-13-18)20(16(2)27)22(15)31-24(28)17-10-6-4-7-11-17/h4-14H,1-3H3. The van der Waals surface area contributed by atoms with Crippen molar-refractivity contribution >= 4 is 24.0 Å². The van der Waals surface area contributed by atoms with Crippen molar-refractivity contribution in [1.82, 2.24) is 0 Å². The van der Waals surface area contributed by atoms with Crippen LogP contribution in [-0.4, -0.2) is 31.1 Å². The molecule has 0 unspecified atom stereocenters. The van der Waals surface area contributed by atoms with Crippen molar-refractivity contribution in [3.05, 3.63) is 88.5 Å². The molecule has 3 aromatic rings. The average Bonchev–Trinajstić information content (AvgIpc) is 2.81. The first kappa shape index (κ1) is 22.4. The Morgan fingerprint density at radius 2 is 1.22 bits per heavy atom. The maximum Gasteiger partial charge on any atom is 0.343 e. The summed E-state index contributed by atoms with van der Waals surface area (Å²) in [5, 5.41) is 0. The topological polar surface area (TPSA) is 96.0 Å². The van der Waals surface area contributed by atoms with Gasteiger partial charge in [0.05, 0.1) is 18.2 Å². The molecule has 0 spiro atoms. The fourth-order valence-electron chi connectivity index (χ4n) is 3.21. The molecule has 0 bridgehead atoms. The normalized spacial score (nSPS) is 10.2. The lowest BCUT2D eigenvalue weighted by atomic mass is 9.99. The molecule has 0 amide bonds. The molecule has 7 nitrogen and oxygen atoms in total. The smallest absolute Gasteiger partial charge is 0.343 e. The van der Waals surface area contributed by atoms with Gasteiger partial charge < -0.3 is 14.2 Å². The molecular weight excluding hydrogens is 412 g/mol. The second-order valence-electron chi connectivity index (χ2n) is 6.79. The highest BCUT2D eigenvalue weighted by molar-refractivity contribution is 6.07. The van der Waals surface area contributed by atoms with E-state index in [-0.39, 0.29) is 45.1 Å². The van der Waals surface area contributed by atoms with Crippen LogP contribution in [0.25, 0.3) is 0 Å². The van der Waals surface area contributed by atoms with Gasteiger partial charge in [0.2, 0.25) is 0 Å². The van der Waals surface area contributed by atoms with Crippen LogP contribution < -0.4 is 14.2 Å². The van der Waals surface area contributed by atoms with Crippen LogP contribution in [0.2, 0.25) is 0 Å². The molecule has 0 atom stereocenters. The van der Waals surface area contributed by atoms with Crippen molar-refractivity contribution in [3.63, 3.8) is 0 Å². The van der Waals surface area contributed by atoms with Crippen molar-refractivity contribution in [1.29, 1.82) is 0 Å². The monoisotopic (exact) mass is 432 g/mol. The summed E-state index contributed by atoms with van der Waals surface area (Å²) in [6, 6.07) is 16.2. The van der Waals surface area contributed by atoms with Gasteiger partial charge in [-0.2, -0.15) is 0 Å². The molecule has 0 radical (unpaired) electrons. The first-order valence-electron chi connectivity index (χ1n) is 9.64. The van der Waals surface area contributed by atoms with Gasteiger partial charge in [-0.05, 0) is 38.1 Å². The first-order chi connectivity index (χ1) is 15.4. The molecule has 0 saturated heterocycles. The molecular formula is C25H20O7. The summed E-state index contributed by atoms with van der Waals surface area (Å²) in [6.45, 7) is 2.75. The summed E-state index contributed by atoms with van der Waals surface area (Å²) in [4.78, 5) is 49.9. The van der Waals surface area contributed by atoms with E-state index < -0.39 is 17.7 Å². The maximum atomic E-state index is 12.7. The third-order valence-corrected chi connectivity index (χ3v) is 4.71. The van der Waals surface area contributed by atoms with Crippen LogP contribution in [-0.2, 0) is 0 Å². The van der Waals surface area contributed by atoms with Gasteiger partial charge in [0.1, 0.15) is 16.9 Å². The molecule has 0 heterocycles. The minimum absolute atomic E-state index is 0.0247. The number of ether oxygens (including phenoxy) is 3. The third kappa shape index (κ3) is 4.41. The van der Waals surface area contributed by atoms with Crippen LogP contribution in [0.15, 0.2) is 60.7 Å². The Kier molecular flexibility index (Phi) is 6.80. The molecule has 0 aliphatic carbocycles. The zero-order valence-corrected chi connectivity index (χ0v) is 17.7. The van der Waals surface area contributed by atoms with Crippen molar-refractivity contribution in [2.45, 2.75) is 13.8 Å². The maximum absolute atomic E-state index is 12.7. The molecule has 0 N–H and O–H groups in total. The van der Waals surface area contributed by atoms with Crippen LogP contribution in [0, 0.1) is 6.92 Å². The van der Waals surface area contributed by atoms with Crippen LogP contribution in [0.5, 0.6) is 17.2 Å². The number of rotatable bonds is 7. The van der Waals surface area contributed by atoms with Gasteiger partial charge >= 0.3 is 11.9 Å². The highest BCUT2D eigenvalue weighted by Crippen LogP contribution is 2.43. The molecule has 0 fully saturated rings. The van der Waals surface area contributed by atoms with Crippen molar-refractivity contribution in [2.75, 3.05) is 7.11 Å². The van der Waals surface area contributed by atoms with E-state index in [1.54, 1.807) is 48.5 Å². The fourth-order valence-corrected chi connectivity index (χ4v) is 3.21. The highest BCUT2D eigenvalue weighted by Gasteiger charge is 2.30. The number of ketones is 1. The second kappa shape index (κ2) is 9.70. The van der Waals surface area contributed by atoms with E-state index in [9.17, 15) is 19.2 Å². The lowest BCUT2D eigenvalue weighted by Crippen LogP contribution is -2.17. The lowest BCUT2D eigenvalue weighted by molar-refractivity contribution is 0.0726. The minimum Gasteiger partial charge on any atom is -0.495 e. The molecule has 0 aromatic heterocycles. The second-order valence-corrected chi connectivity index (χ2v) is 6.79. The Morgan fingerprint density at radius 1 is 0.750 bits per heavy atom. The number of hydrogen-bond acceptors (Lipinski definition) is 7. The Labute approximate surface area is 184 Å². The molecule has 3 rings (SSSR count). The molecule has 7 heteroatoms. The van der Waals surface area contributed by atoms with Crippen LogP contribution >= 0.6 is 0 Å². The number of hydrogen-bond donors (Lipinski definition) is 0. The van der Waals surface area contributed by atoms with E-state index >= 15 is 0 Å². The summed E-state index contributed by atoms with van der Waals surface area (Å²) in [5.41, 5.74) is 0.352. The van der Waals surface area contributed by atoms with E-state index in [0.717, 1.165) is 0 Å². The molecule has 32 heavy (non-hydrogen) atoms. The van der Waals surface area contributed by atoms with E-state index in [4.69, 9.17) is 14.2 Å². The van der Waals surface area contributed by atoms with Crippen molar-refractivity contribution in [2.24, 2.45) is 0 Å². The average molecular weight is 432 g/mol. The van der Waals surface area contributed by atoms with Crippen LogP contribution in [0.4, 0.5) is 0 Å². The Hall–Kier alpha value is -4.26. The number of benzene rings is 3. The summed E-state index contributed by atoms with van der Waals surface area (Å²) < 4.78 is 16.4. The quantitative estimate of drug-likeness (QED) is 0.235. The number of esters is 2. The molecule has 0 saturated carbocycles. The number of Topliss-reactive ketones (excluding diaryl/α,β-unsaturated/α-hetero) is 1. The van der Waals surface area contributed by atoms with Gasteiger partial charge in [0.15, 0.2) is 23.6 Å². The number of methoxy groups -OCH3 is 1. The molecule has 0 aliphatic rings. The number of carbonyl (C=O) groups is 4. The summed E-state index contributed by atoms with van der Waals surface area (Å²) >= 11 is 0. The molecule has 0 aliphatic heterocycles. The van der Waals surface area contributed by atoms with E-state index in [1.165, 1.54) is 33.1 Å². The number of aldehydes is 1. The van der Waals surface area contributed by atoms with Gasteiger partial charge in [-0.15, -0.1) is 0 Å². The highest BCUT2D eigenvalue weighted by atomic mass is 16.6. The van der Waals surface area contributed by atoms with Crippen LogP contribution in [0.3, 0.4) is 0 Å². The zero-order chi connectivity index (χ0) is 23.3. The fraction of sp³-hybridized carbons (Fsp3) is 0.120. The van der Waals surface area contributed by atoms with Gasteiger partial charge in [0, 0.05) is 5.56 Å². The van der Waals surface area contributed by atoms with Gasteiger partial charge in [-0.25, -0.2) is 9.59 Å².